The third-order valence-electron chi connectivity index (χ3n) is 4.01. The third kappa shape index (κ3) is 3.90. The molecule has 2 aliphatic heterocycles. The Morgan fingerprint density at radius 3 is 2.40 bits per heavy atom. The fraction of sp³-hybridized carbons (Fsp3) is 1.00. The van der Waals surface area contributed by atoms with E-state index >= 15 is 0 Å². The molecule has 20 heavy (non-hydrogen) atoms. The van der Waals surface area contributed by atoms with Gasteiger partial charge in [0, 0.05) is 27.1 Å². The van der Waals surface area contributed by atoms with Crippen LogP contribution in [0.25, 0.3) is 0 Å². The van der Waals surface area contributed by atoms with Crippen molar-refractivity contribution in [1.29, 1.82) is 0 Å². The first-order chi connectivity index (χ1) is 9.53. The second kappa shape index (κ2) is 7.15. The molecule has 2 rings (SSSR count). The van der Waals surface area contributed by atoms with Gasteiger partial charge in [-0.3, -0.25) is 0 Å². The van der Waals surface area contributed by atoms with Crippen molar-refractivity contribution in [3.63, 3.8) is 0 Å². The molecule has 0 bridgehead atoms. The number of aliphatic hydroxyl groups is 1. The molecule has 0 radical (unpaired) electrons. The summed E-state index contributed by atoms with van der Waals surface area (Å²) < 4.78 is 28.1. The van der Waals surface area contributed by atoms with Crippen LogP contribution in [0.3, 0.4) is 0 Å². The first-order valence-corrected chi connectivity index (χ1v) is 7.23. The van der Waals surface area contributed by atoms with Gasteiger partial charge in [-0.1, -0.05) is 0 Å². The molecule has 6 heteroatoms. The van der Waals surface area contributed by atoms with Gasteiger partial charge in [0.05, 0.1) is 24.4 Å². The van der Waals surface area contributed by atoms with Crippen LogP contribution in [0.15, 0.2) is 0 Å². The summed E-state index contributed by atoms with van der Waals surface area (Å²) in [5.74, 6) is 0. The monoisotopic (exact) mass is 290 g/mol. The van der Waals surface area contributed by atoms with Crippen LogP contribution in [-0.2, 0) is 23.7 Å². The van der Waals surface area contributed by atoms with Crippen LogP contribution in [0.4, 0.5) is 0 Å². The van der Waals surface area contributed by atoms with Crippen LogP contribution in [0.5, 0.6) is 0 Å². The highest BCUT2D eigenvalue weighted by atomic mass is 16.7. The van der Waals surface area contributed by atoms with Crippen molar-refractivity contribution in [3.8, 4) is 0 Å². The molecule has 118 valence electrons. The highest BCUT2D eigenvalue weighted by Crippen LogP contribution is 2.29. The molecule has 1 unspecified atom stereocenters. The Morgan fingerprint density at radius 2 is 1.75 bits per heavy atom. The summed E-state index contributed by atoms with van der Waals surface area (Å²) in [6, 6.07) is 0. The first kappa shape index (κ1) is 16.1. The lowest BCUT2D eigenvalue weighted by Gasteiger charge is -2.41. The summed E-state index contributed by atoms with van der Waals surface area (Å²) in [5.41, 5.74) is 0. The van der Waals surface area contributed by atoms with Gasteiger partial charge in [-0.25, -0.2) is 0 Å². The number of aliphatic hydroxyl groups excluding tert-OH is 1. The van der Waals surface area contributed by atoms with E-state index in [1.807, 2.05) is 13.8 Å². The van der Waals surface area contributed by atoms with E-state index in [1.165, 1.54) is 0 Å². The number of hydrogen-bond donors (Lipinski definition) is 1. The number of ether oxygens (including phenoxy) is 5. The summed E-state index contributed by atoms with van der Waals surface area (Å²) in [5, 5.41) is 9.62. The maximum absolute atomic E-state index is 9.62. The molecule has 2 aliphatic rings. The summed E-state index contributed by atoms with van der Waals surface area (Å²) in [7, 11) is 3.33. The summed E-state index contributed by atoms with van der Waals surface area (Å²) in [6.07, 6.45) is 0.405. The minimum absolute atomic E-state index is 0.102. The van der Waals surface area contributed by atoms with Gasteiger partial charge >= 0.3 is 0 Å². The molecule has 0 amide bonds. The summed E-state index contributed by atoms with van der Waals surface area (Å²) >= 11 is 0. The van der Waals surface area contributed by atoms with E-state index in [0.29, 0.717) is 12.8 Å². The van der Waals surface area contributed by atoms with Gasteiger partial charge in [-0.15, -0.1) is 0 Å². The summed E-state index contributed by atoms with van der Waals surface area (Å²) in [6.45, 7) is 3.89. The van der Waals surface area contributed by atoms with Gasteiger partial charge in [0.1, 0.15) is 6.10 Å². The van der Waals surface area contributed by atoms with Crippen molar-refractivity contribution >= 4 is 0 Å². The van der Waals surface area contributed by atoms with Gasteiger partial charge < -0.3 is 28.8 Å². The fourth-order valence-corrected chi connectivity index (χ4v) is 2.95. The van der Waals surface area contributed by atoms with E-state index in [0.717, 1.165) is 6.42 Å². The molecule has 2 heterocycles. The molecule has 0 aromatic heterocycles. The lowest BCUT2D eigenvalue weighted by atomic mass is 10.0. The number of hydrogen-bond acceptors (Lipinski definition) is 6. The van der Waals surface area contributed by atoms with Crippen LogP contribution < -0.4 is 0 Å². The lowest BCUT2D eigenvalue weighted by Crippen LogP contribution is -2.52. The highest BCUT2D eigenvalue weighted by molar-refractivity contribution is 4.84. The zero-order chi connectivity index (χ0) is 14.7. The van der Waals surface area contributed by atoms with Crippen LogP contribution >= 0.6 is 0 Å². The standard InChI is InChI=1S/C14H26O6/c1-8-5-10(16-3)6-13(18-8)20-14-9(2)19-12(15)7-11(14)17-4/h8-15H,5-7H2,1-4H3/t8-,9-,10+,11-,12?,13-,14-/m0/s1. The van der Waals surface area contributed by atoms with E-state index in [-0.39, 0.29) is 36.8 Å². The Balaban J connectivity index is 1.96. The van der Waals surface area contributed by atoms with Gasteiger partial charge in [0.15, 0.2) is 12.6 Å². The molecular weight excluding hydrogens is 264 g/mol. The first-order valence-electron chi connectivity index (χ1n) is 7.23. The minimum atomic E-state index is -0.798. The highest BCUT2D eigenvalue weighted by Gasteiger charge is 2.40. The van der Waals surface area contributed by atoms with Crippen molar-refractivity contribution in [2.45, 2.75) is 76.2 Å². The molecule has 2 saturated heterocycles. The number of rotatable bonds is 4. The predicted octanol–water partition coefficient (Wildman–Crippen LogP) is 1.05. The van der Waals surface area contributed by atoms with E-state index in [4.69, 9.17) is 23.7 Å². The quantitative estimate of drug-likeness (QED) is 0.835. The van der Waals surface area contributed by atoms with Crippen molar-refractivity contribution in [3.05, 3.63) is 0 Å². The average molecular weight is 290 g/mol. The van der Waals surface area contributed by atoms with Crippen molar-refractivity contribution in [1.82, 2.24) is 0 Å². The van der Waals surface area contributed by atoms with Crippen LogP contribution in [0.1, 0.15) is 33.1 Å². The van der Waals surface area contributed by atoms with Crippen molar-refractivity contribution in [2.75, 3.05) is 14.2 Å². The SMILES string of the molecule is CO[C@H]1C[C@H](O[C@H]2[C@H](C)OC(O)C[C@@H]2OC)O[C@@H](C)C1. The summed E-state index contributed by atoms with van der Waals surface area (Å²) in [4.78, 5) is 0. The van der Waals surface area contributed by atoms with Gasteiger partial charge in [0.2, 0.25) is 0 Å². The minimum Gasteiger partial charge on any atom is -0.381 e. The molecule has 2 fully saturated rings. The lowest BCUT2D eigenvalue weighted by molar-refractivity contribution is -0.298. The van der Waals surface area contributed by atoms with Crippen LogP contribution in [-0.4, -0.2) is 62.4 Å². The molecular formula is C14H26O6. The molecule has 7 atom stereocenters. The molecule has 1 N–H and O–H groups in total. The van der Waals surface area contributed by atoms with Gasteiger partial charge in [0.25, 0.3) is 0 Å². The van der Waals surface area contributed by atoms with E-state index in [1.54, 1.807) is 14.2 Å². The molecule has 0 aromatic carbocycles. The molecule has 0 spiro atoms. The Bertz CT molecular complexity index is 299. The molecule has 0 aliphatic carbocycles. The van der Waals surface area contributed by atoms with Gasteiger partial charge in [-0.2, -0.15) is 0 Å². The van der Waals surface area contributed by atoms with Crippen LogP contribution in [0.2, 0.25) is 0 Å². The zero-order valence-corrected chi connectivity index (χ0v) is 12.7. The fourth-order valence-electron chi connectivity index (χ4n) is 2.95. The van der Waals surface area contributed by atoms with E-state index in [2.05, 4.69) is 0 Å². The molecule has 0 saturated carbocycles. The third-order valence-corrected chi connectivity index (χ3v) is 4.01. The van der Waals surface area contributed by atoms with Gasteiger partial charge in [-0.05, 0) is 20.3 Å². The topological polar surface area (TPSA) is 66.4 Å². The Morgan fingerprint density at radius 1 is 1.00 bits per heavy atom. The van der Waals surface area contributed by atoms with E-state index in [9.17, 15) is 5.11 Å². The molecule has 0 aromatic rings. The second-order valence-electron chi connectivity index (χ2n) is 5.61. The van der Waals surface area contributed by atoms with Crippen molar-refractivity contribution < 1.29 is 28.8 Å². The zero-order valence-electron chi connectivity index (χ0n) is 12.7. The smallest absolute Gasteiger partial charge is 0.161 e. The normalized spacial score (nSPS) is 46.4. The maximum Gasteiger partial charge on any atom is 0.161 e. The van der Waals surface area contributed by atoms with Crippen LogP contribution in [0, 0.1) is 0 Å². The Kier molecular flexibility index (Phi) is 5.77. The number of methoxy groups -OCH3 is 2. The Hall–Kier alpha value is -0.240. The van der Waals surface area contributed by atoms with E-state index < -0.39 is 6.29 Å². The second-order valence-corrected chi connectivity index (χ2v) is 5.61. The average Bonchev–Trinajstić information content (AvgIpc) is 2.40. The van der Waals surface area contributed by atoms with Crippen molar-refractivity contribution in [2.24, 2.45) is 0 Å². The Labute approximate surface area is 120 Å². The largest absolute Gasteiger partial charge is 0.381 e. The molecule has 6 nitrogen and oxygen atoms in total. The predicted molar refractivity (Wildman–Crippen MR) is 71.2 cm³/mol. The maximum atomic E-state index is 9.62.